The number of rotatable bonds is 6. The molecule has 2 aromatic heterocycles. The zero-order valence-electron chi connectivity index (χ0n) is 15.0. The van der Waals surface area contributed by atoms with E-state index in [2.05, 4.69) is 29.2 Å². The SMILES string of the molecule is Cc1cc(C)n(-c2ccc(CNC(=O)[C@@H](N)CC(C)C)cn2)n1.Cl.Cl. The molecule has 0 aromatic carbocycles. The maximum Gasteiger partial charge on any atom is 0.237 e. The molecule has 2 rings (SSSR count). The molecule has 0 aliphatic rings. The molecule has 2 aromatic rings. The lowest BCUT2D eigenvalue weighted by Crippen LogP contribution is -2.41. The van der Waals surface area contributed by atoms with E-state index in [4.69, 9.17) is 5.73 Å². The number of amides is 1. The van der Waals surface area contributed by atoms with Crippen LogP contribution in [0.25, 0.3) is 5.82 Å². The minimum absolute atomic E-state index is 0. The molecule has 0 bridgehead atoms. The molecule has 0 unspecified atom stereocenters. The topological polar surface area (TPSA) is 85.8 Å². The van der Waals surface area contributed by atoms with Crippen LogP contribution in [0, 0.1) is 19.8 Å². The van der Waals surface area contributed by atoms with E-state index in [0.717, 1.165) is 22.8 Å². The predicted octanol–water partition coefficient (Wildman–Crippen LogP) is 2.72. The Bertz CT molecular complexity index is 670. The molecule has 1 amide bonds. The Morgan fingerprint density at radius 2 is 1.96 bits per heavy atom. The molecule has 25 heavy (non-hydrogen) atoms. The third-order valence-corrected chi connectivity index (χ3v) is 3.56. The van der Waals surface area contributed by atoms with E-state index < -0.39 is 6.04 Å². The van der Waals surface area contributed by atoms with Crippen LogP contribution in [-0.4, -0.2) is 26.7 Å². The van der Waals surface area contributed by atoms with Gasteiger partial charge in [0.15, 0.2) is 5.82 Å². The Morgan fingerprint density at radius 3 is 2.44 bits per heavy atom. The minimum atomic E-state index is -0.461. The molecule has 1 atom stereocenters. The van der Waals surface area contributed by atoms with Crippen molar-refractivity contribution in [2.24, 2.45) is 11.7 Å². The highest BCUT2D eigenvalue weighted by molar-refractivity contribution is 5.85. The smallest absolute Gasteiger partial charge is 0.237 e. The summed E-state index contributed by atoms with van der Waals surface area (Å²) in [5.41, 5.74) is 8.79. The maximum absolute atomic E-state index is 11.9. The largest absolute Gasteiger partial charge is 0.351 e. The lowest BCUT2D eigenvalue weighted by Gasteiger charge is -2.14. The molecule has 140 valence electrons. The maximum atomic E-state index is 11.9. The second-order valence-electron chi connectivity index (χ2n) is 6.32. The molecule has 3 N–H and O–H groups in total. The number of nitrogens with two attached hydrogens (primary N) is 1. The van der Waals surface area contributed by atoms with Crippen LogP contribution < -0.4 is 11.1 Å². The van der Waals surface area contributed by atoms with Crippen LogP contribution in [0.3, 0.4) is 0 Å². The summed E-state index contributed by atoms with van der Waals surface area (Å²) in [5.74, 6) is 1.04. The quantitative estimate of drug-likeness (QED) is 0.797. The van der Waals surface area contributed by atoms with Crippen LogP contribution in [0.15, 0.2) is 24.4 Å². The van der Waals surface area contributed by atoms with Gasteiger partial charge < -0.3 is 11.1 Å². The molecular formula is C17H27Cl2N5O. The van der Waals surface area contributed by atoms with Crippen molar-refractivity contribution in [3.8, 4) is 5.82 Å². The predicted molar refractivity (Wildman–Crippen MR) is 105 cm³/mol. The number of pyridine rings is 1. The van der Waals surface area contributed by atoms with Gasteiger partial charge >= 0.3 is 0 Å². The number of aromatic nitrogens is 3. The van der Waals surface area contributed by atoms with Crippen LogP contribution in [0.5, 0.6) is 0 Å². The number of halogens is 2. The normalized spacial score (nSPS) is 11.4. The first-order valence-electron chi connectivity index (χ1n) is 7.88. The minimum Gasteiger partial charge on any atom is -0.351 e. The van der Waals surface area contributed by atoms with Gasteiger partial charge in [-0.3, -0.25) is 4.79 Å². The van der Waals surface area contributed by atoms with Crippen molar-refractivity contribution >= 4 is 30.7 Å². The van der Waals surface area contributed by atoms with Crippen molar-refractivity contribution in [1.82, 2.24) is 20.1 Å². The third kappa shape index (κ3) is 6.65. The highest BCUT2D eigenvalue weighted by Crippen LogP contribution is 2.10. The Labute approximate surface area is 161 Å². The molecular weight excluding hydrogens is 361 g/mol. The van der Waals surface area contributed by atoms with Gasteiger partial charge in [-0.2, -0.15) is 5.10 Å². The summed E-state index contributed by atoms with van der Waals surface area (Å²) >= 11 is 0. The van der Waals surface area contributed by atoms with E-state index >= 15 is 0 Å². The second-order valence-corrected chi connectivity index (χ2v) is 6.32. The third-order valence-electron chi connectivity index (χ3n) is 3.56. The molecule has 0 saturated heterocycles. The summed E-state index contributed by atoms with van der Waals surface area (Å²) < 4.78 is 1.80. The molecule has 0 aliphatic heterocycles. The number of aryl methyl sites for hydroxylation is 2. The Hall–Kier alpha value is -1.63. The fourth-order valence-corrected chi connectivity index (χ4v) is 2.44. The summed E-state index contributed by atoms with van der Waals surface area (Å²) in [6.45, 7) is 8.47. The van der Waals surface area contributed by atoms with Gasteiger partial charge in [0.05, 0.1) is 11.7 Å². The van der Waals surface area contributed by atoms with Crippen LogP contribution in [0.4, 0.5) is 0 Å². The summed E-state index contributed by atoms with van der Waals surface area (Å²) in [5, 5.41) is 7.26. The van der Waals surface area contributed by atoms with Crippen molar-refractivity contribution in [3.63, 3.8) is 0 Å². The van der Waals surface area contributed by atoms with Gasteiger partial charge in [0.1, 0.15) is 0 Å². The van der Waals surface area contributed by atoms with Gasteiger partial charge in [-0.15, -0.1) is 24.8 Å². The van der Waals surface area contributed by atoms with Crippen LogP contribution >= 0.6 is 24.8 Å². The van der Waals surface area contributed by atoms with Gasteiger partial charge in [0.2, 0.25) is 5.91 Å². The average molecular weight is 388 g/mol. The number of hydrogen-bond acceptors (Lipinski definition) is 4. The van der Waals surface area contributed by atoms with Gasteiger partial charge in [-0.05, 0) is 43.9 Å². The van der Waals surface area contributed by atoms with E-state index in [1.807, 2.05) is 32.0 Å². The highest BCUT2D eigenvalue weighted by atomic mass is 35.5. The first kappa shape index (κ1) is 23.4. The zero-order chi connectivity index (χ0) is 17.0. The molecule has 0 aliphatic carbocycles. The van der Waals surface area contributed by atoms with Crippen molar-refractivity contribution in [1.29, 1.82) is 0 Å². The number of nitrogens with one attached hydrogen (secondary N) is 1. The molecule has 8 heteroatoms. The number of carbonyl (C=O) groups excluding carboxylic acids is 1. The van der Waals surface area contributed by atoms with E-state index in [-0.39, 0.29) is 30.7 Å². The van der Waals surface area contributed by atoms with Gasteiger partial charge in [-0.1, -0.05) is 19.9 Å². The van der Waals surface area contributed by atoms with Crippen molar-refractivity contribution in [2.75, 3.05) is 0 Å². The summed E-state index contributed by atoms with van der Waals surface area (Å²) in [6.07, 6.45) is 2.43. The summed E-state index contributed by atoms with van der Waals surface area (Å²) in [4.78, 5) is 16.3. The van der Waals surface area contributed by atoms with Gasteiger partial charge in [0, 0.05) is 18.4 Å². The molecule has 2 heterocycles. The average Bonchev–Trinajstić information content (AvgIpc) is 2.83. The first-order valence-corrected chi connectivity index (χ1v) is 7.88. The summed E-state index contributed by atoms with van der Waals surface area (Å²) in [7, 11) is 0. The van der Waals surface area contributed by atoms with E-state index in [1.54, 1.807) is 10.9 Å². The molecule has 0 fully saturated rings. The van der Waals surface area contributed by atoms with Crippen molar-refractivity contribution in [2.45, 2.75) is 46.7 Å². The monoisotopic (exact) mass is 387 g/mol. The van der Waals surface area contributed by atoms with Gasteiger partial charge in [0.25, 0.3) is 0 Å². The first-order chi connectivity index (χ1) is 10.9. The number of carbonyl (C=O) groups is 1. The molecule has 6 nitrogen and oxygen atoms in total. The highest BCUT2D eigenvalue weighted by Gasteiger charge is 2.14. The van der Waals surface area contributed by atoms with Crippen molar-refractivity contribution in [3.05, 3.63) is 41.3 Å². The van der Waals surface area contributed by atoms with Crippen LogP contribution in [0.1, 0.15) is 37.2 Å². The lowest BCUT2D eigenvalue weighted by atomic mass is 10.0. The molecule has 0 spiro atoms. The van der Waals surface area contributed by atoms with E-state index in [9.17, 15) is 4.79 Å². The van der Waals surface area contributed by atoms with Crippen LogP contribution in [-0.2, 0) is 11.3 Å². The van der Waals surface area contributed by atoms with Gasteiger partial charge in [-0.25, -0.2) is 9.67 Å². The zero-order valence-corrected chi connectivity index (χ0v) is 16.7. The number of hydrogen-bond donors (Lipinski definition) is 2. The fourth-order valence-electron chi connectivity index (χ4n) is 2.44. The Balaban J connectivity index is 0.00000288. The molecule has 0 saturated carbocycles. The summed E-state index contributed by atoms with van der Waals surface area (Å²) in [6, 6.07) is 5.38. The lowest BCUT2D eigenvalue weighted by molar-refractivity contribution is -0.122. The van der Waals surface area contributed by atoms with E-state index in [1.165, 1.54) is 0 Å². The second kappa shape index (κ2) is 10.4. The number of nitrogens with zero attached hydrogens (tertiary/aromatic N) is 3. The standard InChI is InChI=1S/C17H25N5O.2ClH/c1-11(2)7-15(18)17(23)20-10-14-5-6-16(19-9-14)22-13(4)8-12(3)21-22;;/h5-6,8-9,11,15H,7,10,18H2,1-4H3,(H,20,23);2*1H/t15-;;/m0../s1. The van der Waals surface area contributed by atoms with Crippen molar-refractivity contribution < 1.29 is 4.79 Å². The Kier molecular flexibility index (Phi) is 9.70. The fraction of sp³-hybridized carbons (Fsp3) is 0.471. The molecule has 0 radical (unpaired) electrons. The Morgan fingerprint density at radius 1 is 1.28 bits per heavy atom. The van der Waals surface area contributed by atoms with E-state index in [0.29, 0.717) is 18.9 Å². The van der Waals surface area contributed by atoms with Crippen LogP contribution in [0.2, 0.25) is 0 Å².